The minimum absolute atomic E-state index is 0.158. The van der Waals surface area contributed by atoms with Crippen molar-refractivity contribution < 1.29 is 10.2 Å². The molecule has 2 unspecified atom stereocenters. The Kier molecular flexibility index (Phi) is 3.39. The van der Waals surface area contributed by atoms with Crippen molar-refractivity contribution in [2.75, 3.05) is 11.9 Å². The van der Waals surface area contributed by atoms with Crippen molar-refractivity contribution in [3.63, 3.8) is 0 Å². The summed E-state index contributed by atoms with van der Waals surface area (Å²) in [6, 6.07) is 6.04. The number of hydrogen-bond donors (Lipinski definition) is 2. The van der Waals surface area contributed by atoms with E-state index in [1.54, 1.807) is 0 Å². The number of nitrogens with zero attached hydrogens (tertiary/aromatic N) is 1. The first-order chi connectivity index (χ1) is 8.30. The molecule has 0 amide bonds. The van der Waals surface area contributed by atoms with Crippen molar-refractivity contribution in [3.8, 4) is 0 Å². The standard InChI is InChI=1S/C15H23NO2/c1-15(2,3)14(18)11-5-7-12-10(9-11)6-8-13(17)16(12)4/h5,7,9,13-14,17-18H,6,8H2,1-4H3. The normalized spacial score (nSPS) is 21.7. The molecule has 0 fully saturated rings. The highest BCUT2D eigenvalue weighted by molar-refractivity contribution is 5.57. The van der Waals surface area contributed by atoms with E-state index < -0.39 is 12.3 Å². The van der Waals surface area contributed by atoms with Crippen LogP contribution in [-0.2, 0) is 6.42 Å². The average Bonchev–Trinajstić information content (AvgIpc) is 2.31. The van der Waals surface area contributed by atoms with Crippen LogP contribution in [0, 0.1) is 5.41 Å². The van der Waals surface area contributed by atoms with Gasteiger partial charge >= 0.3 is 0 Å². The summed E-state index contributed by atoms with van der Waals surface area (Å²) in [5.74, 6) is 0. The largest absolute Gasteiger partial charge is 0.388 e. The fraction of sp³-hybridized carbons (Fsp3) is 0.600. The van der Waals surface area contributed by atoms with Gasteiger partial charge in [0.2, 0.25) is 0 Å². The van der Waals surface area contributed by atoms with Gasteiger partial charge in [-0.2, -0.15) is 0 Å². The number of benzene rings is 1. The van der Waals surface area contributed by atoms with E-state index in [2.05, 4.69) is 6.07 Å². The van der Waals surface area contributed by atoms with E-state index in [9.17, 15) is 10.2 Å². The quantitative estimate of drug-likeness (QED) is 0.803. The van der Waals surface area contributed by atoms with E-state index in [-0.39, 0.29) is 5.41 Å². The fourth-order valence-corrected chi connectivity index (χ4v) is 2.46. The first kappa shape index (κ1) is 13.4. The zero-order chi connectivity index (χ0) is 13.5. The predicted molar refractivity (Wildman–Crippen MR) is 73.6 cm³/mol. The molecule has 1 aromatic carbocycles. The van der Waals surface area contributed by atoms with E-state index in [1.165, 1.54) is 5.56 Å². The molecule has 18 heavy (non-hydrogen) atoms. The van der Waals surface area contributed by atoms with Gasteiger partial charge in [0, 0.05) is 12.7 Å². The zero-order valence-corrected chi connectivity index (χ0v) is 11.6. The molecule has 0 bridgehead atoms. The second-order valence-corrected chi connectivity index (χ2v) is 6.29. The third-order valence-electron chi connectivity index (χ3n) is 3.74. The molecule has 0 aliphatic carbocycles. The number of aliphatic hydroxyl groups is 2. The van der Waals surface area contributed by atoms with Gasteiger partial charge in [-0.1, -0.05) is 32.9 Å². The number of anilines is 1. The molecule has 0 aromatic heterocycles. The molecular formula is C15H23NO2. The highest BCUT2D eigenvalue weighted by atomic mass is 16.3. The molecule has 1 heterocycles. The monoisotopic (exact) mass is 249 g/mol. The van der Waals surface area contributed by atoms with Crippen LogP contribution < -0.4 is 4.90 Å². The molecule has 1 aliphatic rings. The first-order valence-corrected chi connectivity index (χ1v) is 6.52. The van der Waals surface area contributed by atoms with Gasteiger partial charge in [-0.05, 0) is 35.4 Å². The minimum Gasteiger partial charge on any atom is -0.388 e. The SMILES string of the molecule is CN1c2ccc(C(O)C(C)(C)C)cc2CCC1O. The lowest BCUT2D eigenvalue weighted by Crippen LogP contribution is -2.35. The Hall–Kier alpha value is -1.06. The van der Waals surface area contributed by atoms with Gasteiger partial charge in [0.15, 0.2) is 0 Å². The molecule has 3 heteroatoms. The Bertz CT molecular complexity index is 437. The molecule has 1 aromatic rings. The maximum atomic E-state index is 10.3. The lowest BCUT2D eigenvalue weighted by molar-refractivity contribution is 0.0625. The van der Waals surface area contributed by atoms with Crippen molar-refractivity contribution in [1.29, 1.82) is 0 Å². The van der Waals surface area contributed by atoms with Crippen LogP contribution in [0.5, 0.6) is 0 Å². The van der Waals surface area contributed by atoms with Crippen molar-refractivity contribution in [2.45, 2.75) is 45.9 Å². The van der Waals surface area contributed by atoms with Gasteiger partial charge in [0.1, 0.15) is 6.23 Å². The second kappa shape index (κ2) is 4.56. The molecular weight excluding hydrogens is 226 g/mol. The molecule has 1 aliphatic heterocycles. The van der Waals surface area contributed by atoms with Crippen LogP contribution in [0.3, 0.4) is 0 Å². The third-order valence-corrected chi connectivity index (χ3v) is 3.74. The van der Waals surface area contributed by atoms with E-state index in [0.29, 0.717) is 0 Å². The van der Waals surface area contributed by atoms with Gasteiger partial charge in [0.05, 0.1) is 6.10 Å². The molecule has 2 N–H and O–H groups in total. The van der Waals surface area contributed by atoms with Crippen LogP contribution in [0.2, 0.25) is 0 Å². The molecule has 0 saturated carbocycles. The van der Waals surface area contributed by atoms with Gasteiger partial charge in [-0.15, -0.1) is 0 Å². The number of hydrogen-bond acceptors (Lipinski definition) is 3. The summed E-state index contributed by atoms with van der Waals surface area (Å²) in [5.41, 5.74) is 3.09. The Balaban J connectivity index is 2.34. The van der Waals surface area contributed by atoms with Crippen molar-refractivity contribution >= 4 is 5.69 Å². The lowest BCUT2D eigenvalue weighted by Gasteiger charge is -2.34. The third kappa shape index (κ3) is 2.38. The van der Waals surface area contributed by atoms with Crippen LogP contribution in [0.4, 0.5) is 5.69 Å². The molecule has 100 valence electrons. The lowest BCUT2D eigenvalue weighted by atomic mass is 9.83. The molecule has 3 nitrogen and oxygen atoms in total. The number of rotatable bonds is 1. The van der Waals surface area contributed by atoms with E-state index in [1.807, 2.05) is 44.9 Å². The molecule has 0 spiro atoms. The van der Waals surface area contributed by atoms with Crippen LogP contribution in [0.15, 0.2) is 18.2 Å². The summed E-state index contributed by atoms with van der Waals surface area (Å²) in [6.07, 6.45) is 0.764. The van der Waals surface area contributed by atoms with Gasteiger partial charge in [0.25, 0.3) is 0 Å². The molecule has 2 rings (SSSR count). The van der Waals surface area contributed by atoms with Gasteiger partial charge in [-0.3, -0.25) is 0 Å². The number of aryl methyl sites for hydroxylation is 1. The predicted octanol–water partition coefficient (Wildman–Crippen LogP) is 2.47. The van der Waals surface area contributed by atoms with Gasteiger partial charge in [-0.25, -0.2) is 0 Å². The average molecular weight is 249 g/mol. The molecule has 0 radical (unpaired) electrons. The summed E-state index contributed by atoms with van der Waals surface area (Å²) in [4.78, 5) is 1.89. The maximum Gasteiger partial charge on any atom is 0.126 e. The summed E-state index contributed by atoms with van der Waals surface area (Å²) in [6.45, 7) is 6.10. The van der Waals surface area contributed by atoms with Crippen LogP contribution >= 0.6 is 0 Å². The van der Waals surface area contributed by atoms with E-state index >= 15 is 0 Å². The maximum absolute atomic E-state index is 10.3. The van der Waals surface area contributed by atoms with Crippen molar-refractivity contribution in [3.05, 3.63) is 29.3 Å². The van der Waals surface area contributed by atoms with Crippen molar-refractivity contribution in [2.24, 2.45) is 5.41 Å². The Morgan fingerprint density at radius 2 is 2.00 bits per heavy atom. The Labute approximate surface area is 109 Å². The van der Waals surface area contributed by atoms with Gasteiger partial charge < -0.3 is 15.1 Å². The second-order valence-electron chi connectivity index (χ2n) is 6.29. The summed E-state index contributed by atoms with van der Waals surface area (Å²) in [7, 11) is 1.91. The van der Waals surface area contributed by atoms with Crippen LogP contribution in [0.25, 0.3) is 0 Å². The number of aliphatic hydroxyl groups excluding tert-OH is 2. The molecule has 0 saturated heterocycles. The Morgan fingerprint density at radius 3 is 2.61 bits per heavy atom. The highest BCUT2D eigenvalue weighted by Crippen LogP contribution is 2.36. The van der Waals surface area contributed by atoms with Crippen molar-refractivity contribution in [1.82, 2.24) is 0 Å². The smallest absolute Gasteiger partial charge is 0.126 e. The highest BCUT2D eigenvalue weighted by Gasteiger charge is 2.26. The van der Waals surface area contributed by atoms with Crippen LogP contribution in [0.1, 0.15) is 44.4 Å². The topological polar surface area (TPSA) is 43.7 Å². The fourth-order valence-electron chi connectivity index (χ4n) is 2.46. The van der Waals surface area contributed by atoms with E-state index in [0.717, 1.165) is 24.1 Å². The van der Waals surface area contributed by atoms with Crippen LogP contribution in [-0.4, -0.2) is 23.5 Å². The molecule has 2 atom stereocenters. The number of fused-ring (bicyclic) bond motifs is 1. The Morgan fingerprint density at radius 1 is 1.33 bits per heavy atom. The summed E-state index contributed by atoms with van der Waals surface area (Å²) in [5, 5.41) is 20.1. The summed E-state index contributed by atoms with van der Waals surface area (Å²) >= 11 is 0. The summed E-state index contributed by atoms with van der Waals surface area (Å²) < 4.78 is 0. The zero-order valence-electron chi connectivity index (χ0n) is 11.6. The minimum atomic E-state index is -0.458. The first-order valence-electron chi connectivity index (χ1n) is 6.52. The van der Waals surface area contributed by atoms with E-state index in [4.69, 9.17) is 0 Å².